The molecule has 0 atom stereocenters. The third-order valence-electron chi connectivity index (χ3n) is 2.76. The fraction of sp³-hybridized carbons (Fsp3) is 0.133. The minimum Gasteiger partial charge on any atom is -0.308 e. The van der Waals surface area contributed by atoms with Gasteiger partial charge in [0.2, 0.25) is 0 Å². The number of aryl methyl sites for hydroxylation is 1. The number of hydrogen-bond donors (Lipinski definition) is 2. The summed E-state index contributed by atoms with van der Waals surface area (Å²) in [6.07, 6.45) is 2.00. The Kier molecular flexibility index (Phi) is 4.93. The van der Waals surface area contributed by atoms with Gasteiger partial charge in [0.25, 0.3) is 0 Å². The lowest BCUT2D eigenvalue weighted by Crippen LogP contribution is -2.19. The van der Waals surface area contributed by atoms with Crippen LogP contribution in [0.5, 0.6) is 0 Å². The van der Waals surface area contributed by atoms with Crippen molar-refractivity contribution in [3.05, 3.63) is 53.1 Å². The minimum absolute atomic E-state index is 0.270. The van der Waals surface area contributed by atoms with E-state index in [0.717, 1.165) is 21.8 Å². The lowest BCUT2D eigenvalue weighted by atomic mass is 10.2. The first-order valence-corrected chi connectivity index (χ1v) is 7.67. The Morgan fingerprint density at radius 1 is 1.15 bits per heavy atom. The third-order valence-corrected chi connectivity index (χ3v) is 3.72. The molecule has 2 rings (SSSR count). The molecule has 20 heavy (non-hydrogen) atoms. The number of halogens is 1. The second-order valence-corrected chi connectivity index (χ2v) is 5.59. The molecule has 2 amide bonds. The molecule has 0 heterocycles. The highest BCUT2D eigenvalue weighted by atomic mass is 35.5. The molecule has 0 radical (unpaired) electrons. The van der Waals surface area contributed by atoms with Gasteiger partial charge in [0.1, 0.15) is 0 Å². The molecule has 0 bridgehead atoms. The number of carbonyl (C=O) groups is 1. The van der Waals surface area contributed by atoms with Crippen molar-refractivity contribution >= 4 is 40.8 Å². The van der Waals surface area contributed by atoms with Gasteiger partial charge in [0, 0.05) is 21.3 Å². The van der Waals surface area contributed by atoms with Gasteiger partial charge in [0.15, 0.2) is 0 Å². The standard InChI is InChI=1S/C15H15ClN2OS/c1-10-8-11(16)6-7-14(10)18-15(19)17-12-4-3-5-13(9-12)20-2/h3-9H,1-2H3,(H2,17,18,19). The van der Waals surface area contributed by atoms with Gasteiger partial charge in [-0.05, 0) is 55.1 Å². The van der Waals surface area contributed by atoms with E-state index in [9.17, 15) is 4.79 Å². The molecule has 0 aliphatic carbocycles. The van der Waals surface area contributed by atoms with E-state index in [1.165, 1.54) is 0 Å². The van der Waals surface area contributed by atoms with Gasteiger partial charge in [-0.2, -0.15) is 0 Å². The Balaban J connectivity index is 2.05. The summed E-state index contributed by atoms with van der Waals surface area (Å²) in [5, 5.41) is 6.27. The van der Waals surface area contributed by atoms with Crippen molar-refractivity contribution in [3.63, 3.8) is 0 Å². The zero-order valence-electron chi connectivity index (χ0n) is 11.2. The van der Waals surface area contributed by atoms with Crippen LogP contribution in [-0.4, -0.2) is 12.3 Å². The average Bonchev–Trinajstić information content (AvgIpc) is 2.42. The zero-order valence-corrected chi connectivity index (χ0v) is 12.8. The van der Waals surface area contributed by atoms with Crippen LogP contribution in [0.3, 0.4) is 0 Å². The first kappa shape index (κ1) is 14.8. The first-order chi connectivity index (χ1) is 9.58. The number of benzene rings is 2. The van der Waals surface area contributed by atoms with Gasteiger partial charge in [-0.15, -0.1) is 11.8 Å². The average molecular weight is 307 g/mol. The van der Waals surface area contributed by atoms with Crippen LogP contribution in [0.15, 0.2) is 47.4 Å². The molecule has 0 aliphatic rings. The molecule has 2 aromatic carbocycles. The van der Waals surface area contributed by atoms with E-state index in [2.05, 4.69) is 10.6 Å². The van der Waals surface area contributed by atoms with Crippen LogP contribution in [0.4, 0.5) is 16.2 Å². The maximum absolute atomic E-state index is 12.0. The lowest BCUT2D eigenvalue weighted by Gasteiger charge is -2.10. The molecular weight excluding hydrogens is 292 g/mol. The fourth-order valence-electron chi connectivity index (χ4n) is 1.75. The second kappa shape index (κ2) is 6.68. The van der Waals surface area contributed by atoms with Gasteiger partial charge in [-0.3, -0.25) is 0 Å². The maximum Gasteiger partial charge on any atom is 0.323 e. The van der Waals surface area contributed by atoms with Crippen molar-refractivity contribution in [1.29, 1.82) is 0 Å². The van der Waals surface area contributed by atoms with Crippen LogP contribution in [0.1, 0.15) is 5.56 Å². The van der Waals surface area contributed by atoms with Crippen LogP contribution < -0.4 is 10.6 Å². The number of thioether (sulfide) groups is 1. The van der Waals surface area contributed by atoms with E-state index in [0.29, 0.717) is 5.02 Å². The molecule has 0 saturated heterocycles. The largest absolute Gasteiger partial charge is 0.323 e. The van der Waals surface area contributed by atoms with Gasteiger partial charge in [-0.25, -0.2) is 4.79 Å². The Bertz CT molecular complexity index is 631. The van der Waals surface area contributed by atoms with Gasteiger partial charge >= 0.3 is 6.03 Å². The summed E-state index contributed by atoms with van der Waals surface area (Å²) in [7, 11) is 0. The van der Waals surface area contributed by atoms with Crippen molar-refractivity contribution in [2.24, 2.45) is 0 Å². The van der Waals surface area contributed by atoms with Crippen LogP contribution in [-0.2, 0) is 0 Å². The molecule has 5 heteroatoms. The number of amides is 2. The minimum atomic E-state index is -0.270. The summed E-state index contributed by atoms with van der Waals surface area (Å²) in [5.74, 6) is 0. The number of rotatable bonds is 3. The van der Waals surface area contributed by atoms with E-state index < -0.39 is 0 Å². The highest BCUT2D eigenvalue weighted by molar-refractivity contribution is 7.98. The predicted octanol–water partition coefficient (Wildman–Crippen LogP) is 5.01. The molecule has 0 spiro atoms. The zero-order chi connectivity index (χ0) is 14.5. The Labute approximate surface area is 127 Å². The summed E-state index contributed by atoms with van der Waals surface area (Å²) >= 11 is 7.52. The van der Waals surface area contributed by atoms with Crippen molar-refractivity contribution in [3.8, 4) is 0 Å². The summed E-state index contributed by atoms with van der Waals surface area (Å²) in [6, 6.07) is 12.8. The molecule has 104 valence electrons. The van der Waals surface area contributed by atoms with Crippen molar-refractivity contribution < 1.29 is 4.79 Å². The summed E-state index contributed by atoms with van der Waals surface area (Å²) in [4.78, 5) is 13.1. The number of nitrogens with one attached hydrogen (secondary N) is 2. The van der Waals surface area contributed by atoms with E-state index >= 15 is 0 Å². The number of hydrogen-bond acceptors (Lipinski definition) is 2. The Hall–Kier alpha value is -1.65. The Morgan fingerprint density at radius 2 is 1.95 bits per heavy atom. The summed E-state index contributed by atoms with van der Waals surface area (Å²) < 4.78 is 0. The van der Waals surface area contributed by atoms with E-state index in [-0.39, 0.29) is 6.03 Å². The number of carbonyl (C=O) groups excluding carboxylic acids is 1. The monoisotopic (exact) mass is 306 g/mol. The molecule has 0 unspecified atom stereocenters. The smallest absolute Gasteiger partial charge is 0.308 e. The Morgan fingerprint density at radius 3 is 2.65 bits per heavy atom. The number of anilines is 2. The maximum atomic E-state index is 12.0. The third kappa shape index (κ3) is 3.92. The topological polar surface area (TPSA) is 41.1 Å². The van der Waals surface area contributed by atoms with E-state index in [1.54, 1.807) is 23.9 Å². The number of urea groups is 1. The van der Waals surface area contributed by atoms with Crippen molar-refractivity contribution in [2.75, 3.05) is 16.9 Å². The molecule has 0 fully saturated rings. The highest BCUT2D eigenvalue weighted by Crippen LogP contribution is 2.21. The molecule has 0 aliphatic heterocycles. The highest BCUT2D eigenvalue weighted by Gasteiger charge is 2.05. The first-order valence-electron chi connectivity index (χ1n) is 6.06. The van der Waals surface area contributed by atoms with E-state index in [4.69, 9.17) is 11.6 Å². The van der Waals surface area contributed by atoms with Crippen molar-refractivity contribution in [2.45, 2.75) is 11.8 Å². The van der Waals surface area contributed by atoms with Crippen LogP contribution in [0, 0.1) is 6.92 Å². The van der Waals surface area contributed by atoms with Gasteiger partial charge < -0.3 is 10.6 Å². The molecule has 0 saturated carbocycles. The van der Waals surface area contributed by atoms with Crippen molar-refractivity contribution in [1.82, 2.24) is 0 Å². The van der Waals surface area contributed by atoms with Crippen LogP contribution >= 0.6 is 23.4 Å². The normalized spacial score (nSPS) is 10.2. The van der Waals surface area contributed by atoms with E-state index in [1.807, 2.05) is 43.5 Å². The fourth-order valence-corrected chi connectivity index (χ4v) is 2.44. The summed E-state index contributed by atoms with van der Waals surface area (Å²) in [5.41, 5.74) is 2.43. The molecule has 2 aromatic rings. The molecular formula is C15H15ClN2OS. The summed E-state index contributed by atoms with van der Waals surface area (Å²) in [6.45, 7) is 1.90. The predicted molar refractivity (Wildman–Crippen MR) is 87.1 cm³/mol. The van der Waals surface area contributed by atoms with Crippen LogP contribution in [0.25, 0.3) is 0 Å². The molecule has 0 aromatic heterocycles. The molecule has 3 nitrogen and oxygen atoms in total. The van der Waals surface area contributed by atoms with Gasteiger partial charge in [-0.1, -0.05) is 17.7 Å². The second-order valence-electron chi connectivity index (χ2n) is 4.27. The quantitative estimate of drug-likeness (QED) is 0.782. The van der Waals surface area contributed by atoms with Crippen LogP contribution in [0.2, 0.25) is 5.02 Å². The van der Waals surface area contributed by atoms with Gasteiger partial charge in [0.05, 0.1) is 0 Å². The lowest BCUT2D eigenvalue weighted by molar-refractivity contribution is 0.262. The SMILES string of the molecule is CSc1cccc(NC(=O)Nc2ccc(Cl)cc2C)c1. The molecule has 2 N–H and O–H groups in total.